The first-order chi connectivity index (χ1) is 9.10. The highest BCUT2D eigenvalue weighted by atomic mass is 16.5. The van der Waals surface area contributed by atoms with Crippen molar-refractivity contribution >= 4 is 11.9 Å². The third kappa shape index (κ3) is 3.30. The van der Waals surface area contributed by atoms with Crippen LogP contribution in [0.5, 0.6) is 6.01 Å². The van der Waals surface area contributed by atoms with Crippen LogP contribution in [-0.2, 0) is 11.3 Å². The molecule has 1 saturated carbocycles. The Morgan fingerprint density at radius 2 is 2.11 bits per heavy atom. The maximum atomic E-state index is 11.7. The normalized spacial score (nSPS) is 14.7. The summed E-state index contributed by atoms with van der Waals surface area (Å²) in [5.41, 5.74) is 0. The van der Waals surface area contributed by atoms with Gasteiger partial charge in [-0.05, 0) is 12.8 Å². The lowest BCUT2D eigenvalue weighted by molar-refractivity contribution is -0.127. The van der Waals surface area contributed by atoms with E-state index in [4.69, 9.17) is 4.74 Å². The second-order valence-corrected chi connectivity index (χ2v) is 4.78. The molecule has 0 spiro atoms. The summed E-state index contributed by atoms with van der Waals surface area (Å²) in [6.45, 7) is 0.301. The fourth-order valence-electron chi connectivity index (χ4n) is 1.74. The predicted molar refractivity (Wildman–Crippen MR) is 69.9 cm³/mol. The molecule has 7 nitrogen and oxygen atoms in total. The molecule has 0 unspecified atom stereocenters. The van der Waals surface area contributed by atoms with Crippen molar-refractivity contribution in [2.24, 2.45) is 5.92 Å². The number of methoxy groups -OCH3 is 1. The number of aromatic nitrogens is 3. The smallest absolute Gasteiger partial charge is 0.321 e. The quantitative estimate of drug-likeness (QED) is 0.828. The number of hydrogen-bond donors (Lipinski definition) is 1. The van der Waals surface area contributed by atoms with E-state index in [1.54, 1.807) is 4.90 Å². The molecule has 1 amide bonds. The van der Waals surface area contributed by atoms with Crippen LogP contribution in [-0.4, -0.2) is 42.1 Å². The summed E-state index contributed by atoms with van der Waals surface area (Å²) >= 11 is 0. The number of rotatable bonds is 5. The van der Waals surface area contributed by atoms with E-state index in [1.165, 1.54) is 7.11 Å². The standard InChI is InChI=1S/C12H19N5O2/c1-17(2)11-14-9(15-12(16-11)19-3)7-13-10(18)8-5-4-6-8/h8H,4-7H2,1-3H3,(H,13,18). The lowest BCUT2D eigenvalue weighted by Crippen LogP contribution is -2.34. The number of anilines is 1. The van der Waals surface area contributed by atoms with E-state index in [0.717, 1.165) is 19.3 Å². The van der Waals surface area contributed by atoms with Crippen molar-refractivity contribution in [3.8, 4) is 6.01 Å². The van der Waals surface area contributed by atoms with Gasteiger partial charge in [-0.25, -0.2) is 0 Å². The van der Waals surface area contributed by atoms with Crippen LogP contribution < -0.4 is 15.0 Å². The summed E-state index contributed by atoms with van der Waals surface area (Å²) < 4.78 is 5.03. The average molecular weight is 265 g/mol. The average Bonchev–Trinajstić information content (AvgIpc) is 2.33. The Kier molecular flexibility index (Phi) is 4.13. The molecule has 1 fully saturated rings. The molecule has 0 aromatic carbocycles. The molecule has 0 aliphatic heterocycles. The summed E-state index contributed by atoms with van der Waals surface area (Å²) in [6, 6.07) is 0.256. The number of ether oxygens (including phenoxy) is 1. The summed E-state index contributed by atoms with van der Waals surface area (Å²) in [6.07, 6.45) is 3.10. The van der Waals surface area contributed by atoms with Gasteiger partial charge in [0.2, 0.25) is 11.9 Å². The third-order valence-electron chi connectivity index (χ3n) is 3.13. The minimum absolute atomic E-state index is 0.0806. The minimum atomic E-state index is 0.0806. The molecule has 1 aliphatic rings. The van der Waals surface area contributed by atoms with Crippen molar-refractivity contribution in [1.29, 1.82) is 0 Å². The number of nitrogens with one attached hydrogen (secondary N) is 1. The van der Waals surface area contributed by atoms with Gasteiger partial charge in [-0.15, -0.1) is 0 Å². The molecular weight excluding hydrogens is 246 g/mol. The SMILES string of the molecule is COc1nc(CNC(=O)C2CCC2)nc(N(C)C)n1. The van der Waals surface area contributed by atoms with Gasteiger partial charge in [0.05, 0.1) is 13.7 Å². The lowest BCUT2D eigenvalue weighted by atomic mass is 9.85. The number of carbonyl (C=O) groups excluding carboxylic acids is 1. The van der Waals surface area contributed by atoms with Crippen LogP contribution in [0.25, 0.3) is 0 Å². The van der Waals surface area contributed by atoms with E-state index in [0.29, 0.717) is 18.3 Å². The van der Waals surface area contributed by atoms with E-state index < -0.39 is 0 Å². The Bertz CT molecular complexity index is 459. The van der Waals surface area contributed by atoms with Gasteiger partial charge < -0.3 is 15.0 Å². The molecule has 7 heteroatoms. The van der Waals surface area contributed by atoms with Crippen LogP contribution in [0.4, 0.5) is 5.95 Å². The molecule has 1 aromatic rings. The van der Waals surface area contributed by atoms with Gasteiger partial charge in [0, 0.05) is 20.0 Å². The van der Waals surface area contributed by atoms with Crippen LogP contribution in [0.2, 0.25) is 0 Å². The van der Waals surface area contributed by atoms with Crippen molar-refractivity contribution in [3.63, 3.8) is 0 Å². The van der Waals surface area contributed by atoms with Gasteiger partial charge in [-0.3, -0.25) is 4.79 Å². The van der Waals surface area contributed by atoms with Gasteiger partial charge in [-0.1, -0.05) is 6.42 Å². The molecule has 0 saturated heterocycles. The summed E-state index contributed by atoms with van der Waals surface area (Å²) in [7, 11) is 5.18. The fourth-order valence-corrected chi connectivity index (χ4v) is 1.74. The summed E-state index contributed by atoms with van der Waals surface area (Å²) in [5, 5.41) is 2.85. The van der Waals surface area contributed by atoms with Crippen LogP contribution >= 0.6 is 0 Å². The zero-order valence-corrected chi connectivity index (χ0v) is 11.5. The Morgan fingerprint density at radius 1 is 1.37 bits per heavy atom. The molecule has 0 bridgehead atoms. The van der Waals surface area contributed by atoms with Gasteiger partial charge in [-0.2, -0.15) is 15.0 Å². The van der Waals surface area contributed by atoms with Crippen molar-refractivity contribution in [3.05, 3.63) is 5.82 Å². The molecule has 104 valence electrons. The summed E-state index contributed by atoms with van der Waals surface area (Å²) in [5.74, 6) is 1.26. The second kappa shape index (κ2) is 5.81. The highest BCUT2D eigenvalue weighted by molar-refractivity contribution is 5.79. The van der Waals surface area contributed by atoms with Gasteiger partial charge in [0.25, 0.3) is 0 Å². The zero-order valence-electron chi connectivity index (χ0n) is 11.5. The molecular formula is C12H19N5O2. The van der Waals surface area contributed by atoms with Crippen molar-refractivity contribution in [2.45, 2.75) is 25.8 Å². The molecule has 1 heterocycles. The van der Waals surface area contributed by atoms with Gasteiger partial charge in [0.15, 0.2) is 5.82 Å². The van der Waals surface area contributed by atoms with E-state index in [1.807, 2.05) is 14.1 Å². The molecule has 1 aliphatic carbocycles. The predicted octanol–water partition coefficient (Wildman–Crippen LogP) is 0.362. The minimum Gasteiger partial charge on any atom is -0.467 e. The van der Waals surface area contributed by atoms with Crippen LogP contribution in [0.1, 0.15) is 25.1 Å². The second-order valence-electron chi connectivity index (χ2n) is 4.78. The van der Waals surface area contributed by atoms with Gasteiger partial charge >= 0.3 is 6.01 Å². The maximum absolute atomic E-state index is 11.7. The molecule has 19 heavy (non-hydrogen) atoms. The van der Waals surface area contributed by atoms with E-state index in [2.05, 4.69) is 20.3 Å². The molecule has 2 rings (SSSR count). The van der Waals surface area contributed by atoms with Gasteiger partial charge in [0.1, 0.15) is 0 Å². The van der Waals surface area contributed by atoms with E-state index >= 15 is 0 Å². The Balaban J connectivity index is 2.02. The van der Waals surface area contributed by atoms with Crippen molar-refractivity contribution in [2.75, 3.05) is 26.1 Å². The Labute approximate surface area is 112 Å². The fraction of sp³-hybridized carbons (Fsp3) is 0.667. The first kappa shape index (κ1) is 13.5. The van der Waals surface area contributed by atoms with Crippen LogP contribution in [0.15, 0.2) is 0 Å². The number of hydrogen-bond acceptors (Lipinski definition) is 6. The summed E-state index contributed by atoms with van der Waals surface area (Å²) in [4.78, 5) is 26.0. The monoisotopic (exact) mass is 265 g/mol. The number of carbonyl (C=O) groups is 1. The first-order valence-electron chi connectivity index (χ1n) is 6.34. The van der Waals surface area contributed by atoms with E-state index in [-0.39, 0.29) is 17.8 Å². The Morgan fingerprint density at radius 3 is 2.63 bits per heavy atom. The van der Waals surface area contributed by atoms with Crippen LogP contribution in [0, 0.1) is 5.92 Å². The molecule has 1 aromatic heterocycles. The van der Waals surface area contributed by atoms with E-state index in [9.17, 15) is 4.79 Å². The highest BCUT2D eigenvalue weighted by Gasteiger charge is 2.25. The number of nitrogens with zero attached hydrogens (tertiary/aromatic N) is 4. The van der Waals surface area contributed by atoms with Crippen LogP contribution in [0.3, 0.4) is 0 Å². The highest BCUT2D eigenvalue weighted by Crippen LogP contribution is 2.26. The maximum Gasteiger partial charge on any atom is 0.321 e. The third-order valence-corrected chi connectivity index (χ3v) is 3.13. The number of amides is 1. The molecule has 0 atom stereocenters. The lowest BCUT2D eigenvalue weighted by Gasteiger charge is -2.23. The topological polar surface area (TPSA) is 80.2 Å². The molecule has 1 N–H and O–H groups in total. The molecule has 0 radical (unpaired) electrons. The Hall–Kier alpha value is -1.92. The first-order valence-corrected chi connectivity index (χ1v) is 6.34. The van der Waals surface area contributed by atoms with Crippen molar-refractivity contribution < 1.29 is 9.53 Å². The zero-order chi connectivity index (χ0) is 13.8. The van der Waals surface area contributed by atoms with Crippen molar-refractivity contribution in [1.82, 2.24) is 20.3 Å². The largest absolute Gasteiger partial charge is 0.467 e.